The number of rotatable bonds is 5. The Labute approximate surface area is 162 Å². The van der Waals surface area contributed by atoms with Gasteiger partial charge < -0.3 is 5.32 Å². The van der Waals surface area contributed by atoms with Gasteiger partial charge in [0.1, 0.15) is 5.69 Å². The Kier molecular flexibility index (Phi) is 5.14. The third-order valence-corrected chi connectivity index (χ3v) is 4.74. The maximum absolute atomic E-state index is 12.9. The molecular formula is C21H21F2N5. The molecule has 3 aromatic rings. The van der Waals surface area contributed by atoms with Gasteiger partial charge in [-0.3, -0.25) is 4.68 Å². The van der Waals surface area contributed by atoms with Crippen LogP contribution in [0.5, 0.6) is 0 Å². The topological polar surface area (TPSA) is 55.6 Å². The molecule has 0 fully saturated rings. The summed E-state index contributed by atoms with van der Waals surface area (Å²) in [5, 5.41) is 7.55. The lowest BCUT2D eigenvalue weighted by atomic mass is 10.0. The first-order valence-electron chi connectivity index (χ1n) is 9.29. The molecule has 1 N–H and O–H groups in total. The molecular weight excluding hydrogens is 360 g/mol. The molecule has 7 heteroatoms. The van der Waals surface area contributed by atoms with Crippen molar-refractivity contribution < 1.29 is 8.78 Å². The van der Waals surface area contributed by atoms with E-state index in [0.717, 1.165) is 35.2 Å². The molecule has 0 aliphatic heterocycles. The van der Waals surface area contributed by atoms with Crippen molar-refractivity contribution in [3.63, 3.8) is 0 Å². The molecule has 1 aromatic carbocycles. The van der Waals surface area contributed by atoms with Crippen molar-refractivity contribution in [2.24, 2.45) is 0 Å². The number of aromatic nitrogens is 4. The first-order chi connectivity index (χ1) is 13.6. The Hall–Kier alpha value is -3.09. The monoisotopic (exact) mass is 381 g/mol. The van der Waals surface area contributed by atoms with Gasteiger partial charge in [-0.2, -0.15) is 5.10 Å². The van der Waals surface area contributed by atoms with E-state index in [1.54, 1.807) is 0 Å². The molecule has 0 saturated heterocycles. The third-order valence-electron chi connectivity index (χ3n) is 4.74. The van der Waals surface area contributed by atoms with Crippen LogP contribution in [0, 0.1) is 6.92 Å². The van der Waals surface area contributed by atoms with Crippen LogP contribution < -0.4 is 5.32 Å². The molecule has 5 nitrogen and oxygen atoms in total. The van der Waals surface area contributed by atoms with Gasteiger partial charge in [0.2, 0.25) is 5.95 Å². The van der Waals surface area contributed by atoms with Crippen LogP contribution in [-0.2, 0) is 0 Å². The number of aryl methyl sites for hydroxylation is 1. The maximum Gasteiger partial charge on any atom is 0.280 e. The zero-order valence-electron chi connectivity index (χ0n) is 15.5. The van der Waals surface area contributed by atoms with Gasteiger partial charge in [-0.15, -0.1) is 0 Å². The highest BCUT2D eigenvalue weighted by molar-refractivity contribution is 5.70. The molecule has 0 bridgehead atoms. The van der Waals surface area contributed by atoms with Gasteiger partial charge in [-0.25, -0.2) is 18.7 Å². The molecule has 4 rings (SSSR count). The van der Waals surface area contributed by atoms with E-state index in [-0.39, 0.29) is 11.6 Å². The fourth-order valence-corrected chi connectivity index (χ4v) is 3.39. The smallest absolute Gasteiger partial charge is 0.280 e. The summed E-state index contributed by atoms with van der Waals surface area (Å²) in [6, 6.07) is 7.46. The Morgan fingerprint density at radius 3 is 2.89 bits per heavy atom. The summed E-state index contributed by atoms with van der Waals surface area (Å²) in [4.78, 5) is 7.90. The SMILES string of the molecule is Cc1cc(Nc2nccc(C(F)F)n2)cc(-c2cnn(C3C=CCCC3)c2)c1. The number of hydrogen-bond acceptors (Lipinski definition) is 4. The molecule has 1 atom stereocenters. The van der Waals surface area contributed by atoms with Crippen molar-refractivity contribution in [1.29, 1.82) is 0 Å². The number of allylic oxidation sites excluding steroid dienone is 2. The molecule has 0 radical (unpaired) electrons. The van der Waals surface area contributed by atoms with Crippen LogP contribution >= 0.6 is 0 Å². The minimum Gasteiger partial charge on any atom is -0.324 e. The van der Waals surface area contributed by atoms with E-state index in [9.17, 15) is 8.78 Å². The highest BCUT2D eigenvalue weighted by atomic mass is 19.3. The van der Waals surface area contributed by atoms with Crippen molar-refractivity contribution in [2.75, 3.05) is 5.32 Å². The Bertz CT molecular complexity index is 996. The number of benzene rings is 1. The predicted octanol–water partition coefficient (Wildman–Crippen LogP) is 5.61. The number of nitrogens with one attached hydrogen (secondary N) is 1. The minimum atomic E-state index is -2.63. The Morgan fingerprint density at radius 2 is 2.11 bits per heavy atom. The molecule has 28 heavy (non-hydrogen) atoms. The highest BCUT2D eigenvalue weighted by Crippen LogP contribution is 2.28. The summed E-state index contributed by atoms with van der Waals surface area (Å²) in [6.45, 7) is 1.99. The number of hydrogen-bond donors (Lipinski definition) is 1. The molecule has 144 valence electrons. The molecule has 2 aromatic heterocycles. The summed E-state index contributed by atoms with van der Waals surface area (Å²) in [5.41, 5.74) is 3.49. The van der Waals surface area contributed by atoms with Crippen LogP contribution in [0.1, 0.15) is 43.0 Å². The van der Waals surface area contributed by atoms with Crippen molar-refractivity contribution in [2.45, 2.75) is 38.7 Å². The molecule has 0 spiro atoms. The van der Waals surface area contributed by atoms with Gasteiger partial charge >= 0.3 is 0 Å². The van der Waals surface area contributed by atoms with E-state index in [2.05, 4.69) is 38.6 Å². The summed E-state index contributed by atoms with van der Waals surface area (Å²) in [7, 11) is 0. The molecule has 2 heterocycles. The van der Waals surface area contributed by atoms with Crippen LogP contribution in [0.15, 0.2) is 55.0 Å². The molecule has 1 aliphatic carbocycles. The number of anilines is 2. The molecule has 0 saturated carbocycles. The summed E-state index contributed by atoms with van der Waals surface area (Å²) >= 11 is 0. The van der Waals surface area contributed by atoms with Gasteiger partial charge in [0.05, 0.1) is 12.2 Å². The number of nitrogens with zero attached hydrogens (tertiary/aromatic N) is 4. The lowest BCUT2D eigenvalue weighted by Gasteiger charge is -2.16. The second-order valence-corrected chi connectivity index (χ2v) is 6.95. The van der Waals surface area contributed by atoms with Gasteiger partial charge in [-0.1, -0.05) is 18.2 Å². The van der Waals surface area contributed by atoms with Crippen LogP contribution in [-0.4, -0.2) is 19.7 Å². The van der Waals surface area contributed by atoms with Crippen LogP contribution in [0.25, 0.3) is 11.1 Å². The van der Waals surface area contributed by atoms with Crippen molar-refractivity contribution in [3.8, 4) is 11.1 Å². The van der Waals surface area contributed by atoms with Crippen LogP contribution in [0.4, 0.5) is 20.4 Å². The zero-order valence-corrected chi connectivity index (χ0v) is 15.5. The first-order valence-corrected chi connectivity index (χ1v) is 9.29. The quantitative estimate of drug-likeness (QED) is 0.584. The van der Waals surface area contributed by atoms with Crippen LogP contribution in [0.3, 0.4) is 0 Å². The average Bonchev–Trinajstić information content (AvgIpc) is 3.19. The van der Waals surface area contributed by atoms with Gasteiger partial charge in [0, 0.05) is 23.6 Å². The summed E-state index contributed by atoms with van der Waals surface area (Å²) in [6.07, 6.45) is 10.4. The Morgan fingerprint density at radius 1 is 1.21 bits per heavy atom. The lowest BCUT2D eigenvalue weighted by molar-refractivity contribution is 0.146. The third kappa shape index (κ3) is 4.08. The van der Waals surface area contributed by atoms with E-state index in [1.165, 1.54) is 18.7 Å². The van der Waals surface area contributed by atoms with Crippen molar-refractivity contribution in [1.82, 2.24) is 19.7 Å². The lowest BCUT2D eigenvalue weighted by Crippen LogP contribution is -2.08. The van der Waals surface area contributed by atoms with E-state index in [1.807, 2.05) is 36.1 Å². The largest absolute Gasteiger partial charge is 0.324 e. The van der Waals surface area contributed by atoms with Gasteiger partial charge in [0.15, 0.2) is 0 Å². The fourth-order valence-electron chi connectivity index (χ4n) is 3.39. The van der Waals surface area contributed by atoms with Crippen molar-refractivity contribution in [3.05, 3.63) is 66.3 Å². The predicted molar refractivity (Wildman–Crippen MR) is 105 cm³/mol. The number of alkyl halides is 2. The van der Waals surface area contributed by atoms with Gasteiger partial charge in [-0.05, 0) is 55.5 Å². The minimum absolute atomic E-state index is 0.150. The summed E-state index contributed by atoms with van der Waals surface area (Å²) in [5.74, 6) is 0.150. The summed E-state index contributed by atoms with van der Waals surface area (Å²) < 4.78 is 27.7. The standard InChI is InChI=1S/C21H21F2N5/c1-14-9-15(16-12-25-28(13-16)18-5-3-2-4-6-18)11-17(10-14)26-21-24-8-7-19(27-21)20(22)23/h3,5,7-13,18,20H,2,4,6H2,1H3,(H,24,26,27). The highest BCUT2D eigenvalue weighted by Gasteiger charge is 2.13. The maximum atomic E-state index is 12.9. The molecule has 1 aliphatic rings. The van der Waals surface area contributed by atoms with E-state index in [0.29, 0.717) is 6.04 Å². The van der Waals surface area contributed by atoms with E-state index in [4.69, 9.17) is 0 Å². The van der Waals surface area contributed by atoms with Gasteiger partial charge in [0.25, 0.3) is 6.43 Å². The van der Waals surface area contributed by atoms with E-state index >= 15 is 0 Å². The van der Waals surface area contributed by atoms with Crippen molar-refractivity contribution >= 4 is 11.6 Å². The van der Waals surface area contributed by atoms with E-state index < -0.39 is 6.43 Å². The normalized spacial score (nSPS) is 16.5. The molecule has 0 amide bonds. The Balaban J connectivity index is 1.59. The fraction of sp³-hybridized carbons (Fsp3) is 0.286. The molecule has 1 unspecified atom stereocenters. The zero-order chi connectivity index (χ0) is 19.5. The second-order valence-electron chi connectivity index (χ2n) is 6.95. The second kappa shape index (κ2) is 7.88. The van der Waals surface area contributed by atoms with Crippen LogP contribution in [0.2, 0.25) is 0 Å². The average molecular weight is 381 g/mol. The number of halogens is 2. The first kappa shape index (κ1) is 18.3.